The van der Waals surface area contributed by atoms with E-state index in [2.05, 4.69) is 104 Å². The van der Waals surface area contributed by atoms with Gasteiger partial charge in [0.05, 0.1) is 6.04 Å². The number of rotatable bonds is 2. The first-order valence-electron chi connectivity index (χ1n) is 12.8. The molecular formula is C31H34N3O+. The van der Waals surface area contributed by atoms with Gasteiger partial charge in [0.1, 0.15) is 24.2 Å². The maximum Gasteiger partial charge on any atom is 0.254 e. The van der Waals surface area contributed by atoms with Crippen molar-refractivity contribution in [2.45, 2.75) is 59.4 Å². The lowest BCUT2D eigenvalue weighted by Gasteiger charge is -2.21. The molecule has 0 saturated heterocycles. The number of aryl methyl sites for hydroxylation is 5. The van der Waals surface area contributed by atoms with E-state index >= 15 is 0 Å². The van der Waals surface area contributed by atoms with E-state index in [1.54, 1.807) is 0 Å². The second-order valence-corrected chi connectivity index (χ2v) is 11.2. The Morgan fingerprint density at radius 3 is 2.40 bits per heavy atom. The highest BCUT2D eigenvalue weighted by atomic mass is 16.5. The van der Waals surface area contributed by atoms with E-state index in [0.717, 1.165) is 31.6 Å². The molecule has 3 heterocycles. The topological polar surface area (TPSA) is 29.9 Å². The highest BCUT2D eigenvalue weighted by Gasteiger charge is 2.31. The van der Waals surface area contributed by atoms with Crippen LogP contribution in [-0.2, 0) is 30.4 Å². The molecule has 35 heavy (non-hydrogen) atoms. The van der Waals surface area contributed by atoms with Crippen LogP contribution in [0.3, 0.4) is 0 Å². The first-order valence-corrected chi connectivity index (χ1v) is 12.8. The number of imidazole rings is 1. The Kier molecular flexibility index (Phi) is 5.28. The third-order valence-electron chi connectivity index (χ3n) is 7.62. The monoisotopic (exact) mass is 464 g/mol. The van der Waals surface area contributed by atoms with Crippen LogP contribution in [0.2, 0.25) is 0 Å². The largest absolute Gasteiger partial charge is 0.475 e. The van der Waals surface area contributed by atoms with Crippen LogP contribution < -0.4 is 4.57 Å². The van der Waals surface area contributed by atoms with Gasteiger partial charge in [-0.05, 0) is 84.5 Å². The fourth-order valence-corrected chi connectivity index (χ4v) is 5.28. The number of aliphatic imine (C=N–C) groups is 1. The van der Waals surface area contributed by atoms with Crippen molar-refractivity contribution in [3.8, 4) is 5.69 Å². The van der Waals surface area contributed by atoms with Gasteiger partial charge in [0.25, 0.3) is 6.33 Å². The lowest BCUT2D eigenvalue weighted by molar-refractivity contribution is -0.594. The number of aromatic nitrogens is 2. The molecule has 1 aliphatic heterocycles. The molecule has 0 unspecified atom stereocenters. The molecule has 0 saturated carbocycles. The van der Waals surface area contributed by atoms with Crippen LogP contribution in [0.4, 0.5) is 0 Å². The Hall–Kier alpha value is -3.40. The predicted octanol–water partition coefficient (Wildman–Crippen LogP) is 5.60. The summed E-state index contributed by atoms with van der Waals surface area (Å²) in [7, 11) is 0. The quantitative estimate of drug-likeness (QED) is 0.355. The summed E-state index contributed by atoms with van der Waals surface area (Å²) in [4.78, 5) is 5.01. The minimum Gasteiger partial charge on any atom is -0.475 e. The Labute approximate surface area is 207 Å². The van der Waals surface area contributed by atoms with E-state index < -0.39 is 0 Å². The van der Waals surface area contributed by atoms with E-state index in [-0.39, 0.29) is 11.5 Å². The minimum absolute atomic E-state index is 0.109. The smallest absolute Gasteiger partial charge is 0.254 e. The molecule has 0 fully saturated rings. The maximum atomic E-state index is 6.15. The maximum absolute atomic E-state index is 6.15. The fourth-order valence-electron chi connectivity index (χ4n) is 5.28. The number of nitrogens with zero attached hydrogens (tertiary/aromatic N) is 3. The third-order valence-corrected chi connectivity index (χ3v) is 7.62. The van der Waals surface area contributed by atoms with Gasteiger partial charge in [0, 0.05) is 5.56 Å². The second-order valence-electron chi connectivity index (χ2n) is 11.2. The van der Waals surface area contributed by atoms with Gasteiger partial charge in [-0.25, -0.2) is 9.56 Å². The Bertz CT molecular complexity index is 1450. The van der Waals surface area contributed by atoms with Gasteiger partial charge >= 0.3 is 0 Å². The Balaban J connectivity index is 1.37. The number of hydrogen-bond donors (Lipinski definition) is 0. The second kappa shape index (κ2) is 8.37. The van der Waals surface area contributed by atoms with Crippen LogP contribution in [0.1, 0.15) is 54.3 Å². The molecule has 4 aliphatic carbocycles. The normalized spacial score (nSPS) is 17.8. The van der Waals surface area contributed by atoms with Crippen LogP contribution in [0.25, 0.3) is 11.2 Å². The van der Waals surface area contributed by atoms with Crippen molar-refractivity contribution in [1.29, 1.82) is 0 Å². The molecule has 2 aromatic carbocycles. The number of pyridine rings is 1. The molecular weight excluding hydrogens is 430 g/mol. The molecule has 9 rings (SSSR count). The number of ether oxygens (including phenoxy) is 1. The fraction of sp³-hybridized carbons (Fsp3) is 0.355. The molecule has 5 aliphatic rings. The summed E-state index contributed by atoms with van der Waals surface area (Å²) >= 11 is 0. The summed E-state index contributed by atoms with van der Waals surface area (Å²) in [6, 6.07) is 20.6. The van der Waals surface area contributed by atoms with E-state index in [1.165, 1.54) is 44.7 Å². The summed E-state index contributed by atoms with van der Waals surface area (Å²) in [5.74, 6) is 0.833. The molecule has 0 amide bonds. The molecule has 0 radical (unpaired) electrons. The molecule has 4 aromatic rings. The molecule has 1 atom stereocenters. The lowest BCUT2D eigenvalue weighted by Crippen LogP contribution is -2.29. The Morgan fingerprint density at radius 1 is 0.914 bits per heavy atom. The SMILES string of the molecule is Cc1cccc2c[n+](-c3cc4ccc3CCc3ccc(c(C5=N[C@H](C(C)(C)C)CO5)c3)CC4)cn12. The van der Waals surface area contributed by atoms with Crippen LogP contribution in [0, 0.1) is 12.3 Å². The van der Waals surface area contributed by atoms with Crippen LogP contribution in [0.5, 0.6) is 0 Å². The van der Waals surface area contributed by atoms with Crippen molar-refractivity contribution in [3.63, 3.8) is 0 Å². The summed E-state index contributed by atoms with van der Waals surface area (Å²) in [5, 5.41) is 0. The molecule has 0 N–H and O–H groups in total. The van der Waals surface area contributed by atoms with Gasteiger partial charge in [-0.1, -0.05) is 51.1 Å². The lowest BCUT2D eigenvalue weighted by atomic mass is 9.88. The first kappa shape index (κ1) is 22.1. The van der Waals surface area contributed by atoms with E-state index in [9.17, 15) is 0 Å². The Morgan fingerprint density at radius 2 is 1.66 bits per heavy atom. The molecule has 178 valence electrons. The number of benzene rings is 2. The average molecular weight is 465 g/mol. The van der Waals surface area contributed by atoms with Crippen LogP contribution in [0.15, 0.2) is 72.1 Å². The van der Waals surface area contributed by atoms with Gasteiger partial charge < -0.3 is 4.74 Å². The van der Waals surface area contributed by atoms with Gasteiger partial charge in [0.15, 0.2) is 5.52 Å². The average Bonchev–Trinajstić information content (AvgIpc) is 3.49. The highest BCUT2D eigenvalue weighted by molar-refractivity contribution is 5.97. The van der Waals surface area contributed by atoms with Crippen molar-refractivity contribution in [2.24, 2.45) is 10.4 Å². The standard InChI is InChI=1S/C31H34N3O/c1-21-6-5-7-26-18-33(20-34(21)26)28-17-23-9-13-24-12-8-22(10-14-25(28)15-11-23)16-27(24)30-32-29(19-35-30)31(2,3)4/h5-8,11-12,15-18,20,29H,9-10,13-14,19H2,1-4H3/q+1/t29-/m0/s1. The molecule has 0 spiro atoms. The van der Waals surface area contributed by atoms with Gasteiger partial charge in [-0.15, -0.1) is 0 Å². The van der Waals surface area contributed by atoms with Crippen molar-refractivity contribution in [1.82, 2.24) is 4.40 Å². The predicted molar refractivity (Wildman–Crippen MR) is 141 cm³/mol. The summed E-state index contributed by atoms with van der Waals surface area (Å²) < 4.78 is 10.7. The summed E-state index contributed by atoms with van der Waals surface area (Å²) in [6.45, 7) is 9.56. The van der Waals surface area contributed by atoms with Crippen molar-refractivity contribution >= 4 is 11.4 Å². The zero-order valence-electron chi connectivity index (χ0n) is 21.2. The minimum atomic E-state index is 0.109. The third kappa shape index (κ3) is 4.16. The zero-order chi connectivity index (χ0) is 24.2. The van der Waals surface area contributed by atoms with Gasteiger partial charge in [0.2, 0.25) is 5.90 Å². The first-order chi connectivity index (χ1) is 16.8. The highest BCUT2D eigenvalue weighted by Crippen LogP contribution is 2.29. The zero-order valence-corrected chi connectivity index (χ0v) is 21.2. The van der Waals surface area contributed by atoms with E-state index in [4.69, 9.17) is 9.73 Å². The number of fused-ring (bicyclic) bond motifs is 1. The van der Waals surface area contributed by atoms with Gasteiger partial charge in [-0.3, -0.25) is 0 Å². The van der Waals surface area contributed by atoms with E-state index in [0.29, 0.717) is 6.61 Å². The molecule has 2 aromatic heterocycles. The van der Waals surface area contributed by atoms with Crippen LogP contribution >= 0.6 is 0 Å². The van der Waals surface area contributed by atoms with Crippen LogP contribution in [-0.4, -0.2) is 22.9 Å². The summed E-state index contributed by atoms with van der Waals surface area (Å²) in [5.41, 5.74) is 10.4. The molecule has 4 bridgehead atoms. The van der Waals surface area contributed by atoms with Gasteiger partial charge in [-0.2, -0.15) is 4.40 Å². The molecule has 4 nitrogen and oxygen atoms in total. The summed E-state index contributed by atoms with van der Waals surface area (Å²) in [6.07, 6.45) is 8.40. The molecule has 4 heteroatoms. The van der Waals surface area contributed by atoms with Crippen molar-refractivity contribution < 1.29 is 9.30 Å². The number of hydrogen-bond acceptors (Lipinski definition) is 2. The van der Waals surface area contributed by atoms with E-state index in [1.807, 2.05) is 0 Å². The van der Waals surface area contributed by atoms with Crippen molar-refractivity contribution in [3.05, 3.63) is 101 Å². The van der Waals surface area contributed by atoms with Crippen molar-refractivity contribution in [2.75, 3.05) is 6.61 Å².